The summed E-state index contributed by atoms with van der Waals surface area (Å²) in [5.74, 6) is -2.54. The zero-order valence-corrected chi connectivity index (χ0v) is 5.93. The second kappa shape index (κ2) is 4.84. The maximum Gasteiger partial charge on any atom is 0.329 e. The molecule has 0 aliphatic carbocycles. The normalized spacial score (nSPS) is 11.5. The van der Waals surface area contributed by atoms with Crippen LogP contribution < -0.4 is 0 Å². The van der Waals surface area contributed by atoms with Gasteiger partial charge in [0.15, 0.2) is 0 Å². The van der Waals surface area contributed by atoms with Crippen LogP contribution in [0.3, 0.4) is 0 Å². The highest BCUT2D eigenvalue weighted by molar-refractivity contribution is 5.92. The van der Waals surface area contributed by atoms with E-state index in [4.69, 9.17) is 10.2 Å². The summed E-state index contributed by atoms with van der Waals surface area (Å²) in [7, 11) is 0. The summed E-state index contributed by atoms with van der Waals surface area (Å²) in [6.07, 6.45) is 2.46. The molecule has 0 amide bonds. The van der Waals surface area contributed by atoms with Gasteiger partial charge in [-0.05, 0) is 6.08 Å². The van der Waals surface area contributed by atoms with Crippen LogP contribution in [-0.2, 0) is 14.4 Å². The van der Waals surface area contributed by atoms with E-state index >= 15 is 0 Å². The minimum absolute atomic E-state index is 0.204. The van der Waals surface area contributed by atoms with Gasteiger partial charge in [-0.15, -0.1) is 0 Å². The van der Waals surface area contributed by atoms with Crippen molar-refractivity contribution in [2.24, 2.45) is 0 Å². The number of aliphatic carboxylic acids is 2. The number of carbonyl (C=O) groups excluding carboxylic acids is 1. The van der Waals surface area contributed by atoms with Gasteiger partial charge in [0.05, 0.1) is 0 Å². The molecule has 0 heterocycles. The van der Waals surface area contributed by atoms with Crippen molar-refractivity contribution in [3.8, 4) is 0 Å². The van der Waals surface area contributed by atoms with Crippen molar-refractivity contribution in [2.45, 2.75) is 0 Å². The van der Waals surface area contributed by atoms with Gasteiger partial charge in [0.2, 0.25) is 0 Å². The van der Waals surface area contributed by atoms with Gasteiger partial charge in [0.1, 0.15) is 6.29 Å². The van der Waals surface area contributed by atoms with E-state index in [0.29, 0.717) is 12.2 Å². The van der Waals surface area contributed by atoms with Gasteiger partial charge in [0.25, 0.3) is 0 Å². The fraction of sp³-hybridized carbons (Fsp3) is 0. The molecule has 5 nitrogen and oxygen atoms in total. The lowest BCUT2D eigenvalue weighted by Crippen LogP contribution is -1.93. The minimum Gasteiger partial charge on any atom is -0.478 e. The first-order chi connectivity index (χ1) is 5.56. The van der Waals surface area contributed by atoms with Gasteiger partial charge in [-0.3, -0.25) is 4.79 Å². The summed E-state index contributed by atoms with van der Waals surface area (Å²) in [6, 6.07) is 0. The Morgan fingerprint density at radius 1 is 1.00 bits per heavy atom. The second-order valence-corrected chi connectivity index (χ2v) is 1.77. The molecule has 0 aromatic rings. The highest BCUT2D eigenvalue weighted by Gasteiger charge is 1.95. The van der Waals surface area contributed by atoms with Crippen LogP contribution >= 0.6 is 0 Å². The van der Waals surface area contributed by atoms with Gasteiger partial charge in [0, 0.05) is 17.7 Å². The quantitative estimate of drug-likeness (QED) is 0.347. The van der Waals surface area contributed by atoms with Gasteiger partial charge in [-0.2, -0.15) is 0 Å². The molecule has 12 heavy (non-hydrogen) atoms. The molecule has 0 saturated carbocycles. The lowest BCUT2D eigenvalue weighted by molar-refractivity contribution is -0.132. The summed E-state index contributed by atoms with van der Waals surface area (Å²) in [6.45, 7) is 0. The number of rotatable bonds is 4. The molecule has 0 atom stereocenters. The third-order valence-corrected chi connectivity index (χ3v) is 0.845. The summed E-state index contributed by atoms with van der Waals surface area (Å²) < 4.78 is 0. The smallest absolute Gasteiger partial charge is 0.329 e. The Hall–Kier alpha value is -1.91. The molecule has 0 spiro atoms. The molecule has 0 saturated heterocycles. The molecule has 0 bridgehead atoms. The number of carboxylic acid groups (broad SMARTS) is 2. The number of aldehydes is 1. The molecule has 5 heteroatoms. The molecular weight excluding hydrogens is 164 g/mol. The Morgan fingerprint density at radius 2 is 1.58 bits per heavy atom. The molecule has 2 N–H and O–H groups in total. The minimum atomic E-state index is -1.30. The zero-order chi connectivity index (χ0) is 9.56. The molecule has 0 radical (unpaired) electrons. The monoisotopic (exact) mass is 170 g/mol. The van der Waals surface area contributed by atoms with E-state index in [1.807, 2.05) is 0 Å². The largest absolute Gasteiger partial charge is 0.478 e. The zero-order valence-electron chi connectivity index (χ0n) is 5.93. The fourth-order valence-corrected chi connectivity index (χ4v) is 0.432. The van der Waals surface area contributed by atoms with E-state index in [1.165, 1.54) is 0 Å². The van der Waals surface area contributed by atoms with Crippen molar-refractivity contribution in [1.82, 2.24) is 0 Å². The summed E-state index contributed by atoms with van der Waals surface area (Å²) >= 11 is 0. The van der Waals surface area contributed by atoms with Crippen LogP contribution in [0, 0.1) is 0 Å². The lowest BCUT2D eigenvalue weighted by Gasteiger charge is -1.85. The number of carboxylic acids is 2. The molecule has 0 aliphatic heterocycles. The van der Waals surface area contributed by atoms with Crippen molar-refractivity contribution in [2.75, 3.05) is 0 Å². The molecule has 0 unspecified atom stereocenters. The maximum atomic E-state index is 10.1. The SMILES string of the molecule is O=CC(/C=C/C(=O)O)=C/C(=O)O. The van der Waals surface area contributed by atoms with Crippen LogP contribution in [-0.4, -0.2) is 28.4 Å². The topological polar surface area (TPSA) is 91.7 Å². The average molecular weight is 170 g/mol. The predicted octanol–water partition coefficient (Wildman–Crippen LogP) is -0.163. The first-order valence-electron chi connectivity index (χ1n) is 2.87. The Balaban J connectivity index is 4.48. The van der Waals surface area contributed by atoms with E-state index in [2.05, 4.69) is 0 Å². The van der Waals surface area contributed by atoms with Gasteiger partial charge >= 0.3 is 11.9 Å². The summed E-state index contributed by atoms with van der Waals surface area (Å²) in [4.78, 5) is 30.0. The lowest BCUT2D eigenvalue weighted by atomic mass is 10.2. The van der Waals surface area contributed by atoms with Crippen LogP contribution in [0.25, 0.3) is 0 Å². The number of allylic oxidation sites excluding steroid dienone is 2. The van der Waals surface area contributed by atoms with E-state index < -0.39 is 11.9 Å². The van der Waals surface area contributed by atoms with Crippen LogP contribution in [0.4, 0.5) is 0 Å². The highest BCUT2D eigenvalue weighted by Crippen LogP contribution is 1.91. The average Bonchev–Trinajstić information content (AvgIpc) is 1.97. The Morgan fingerprint density at radius 3 is 1.92 bits per heavy atom. The van der Waals surface area contributed by atoms with Crippen molar-refractivity contribution >= 4 is 18.2 Å². The summed E-state index contributed by atoms with van der Waals surface area (Å²) in [5.41, 5.74) is -0.204. The Bertz CT molecular complexity index is 261. The van der Waals surface area contributed by atoms with Gasteiger partial charge in [-0.1, -0.05) is 0 Å². The van der Waals surface area contributed by atoms with Crippen molar-refractivity contribution in [1.29, 1.82) is 0 Å². The van der Waals surface area contributed by atoms with E-state index in [1.54, 1.807) is 0 Å². The molecular formula is C7H6O5. The van der Waals surface area contributed by atoms with Gasteiger partial charge in [-0.25, -0.2) is 9.59 Å². The van der Waals surface area contributed by atoms with Crippen LogP contribution in [0.1, 0.15) is 0 Å². The molecule has 0 rings (SSSR count). The second-order valence-electron chi connectivity index (χ2n) is 1.77. The number of carbonyl (C=O) groups is 3. The van der Waals surface area contributed by atoms with E-state index in [9.17, 15) is 14.4 Å². The Kier molecular flexibility index (Phi) is 4.07. The standard InChI is InChI=1S/C7H6O5/c8-4-5(3-7(11)12)1-2-6(9)10/h1-4H,(H,9,10)(H,11,12)/b2-1+,5-3+. The third-order valence-electron chi connectivity index (χ3n) is 0.845. The van der Waals surface area contributed by atoms with Crippen LogP contribution in [0.15, 0.2) is 23.8 Å². The molecule has 0 aromatic heterocycles. The molecule has 0 aromatic carbocycles. The van der Waals surface area contributed by atoms with Crippen molar-refractivity contribution < 1.29 is 24.6 Å². The molecule has 64 valence electrons. The van der Waals surface area contributed by atoms with Gasteiger partial charge < -0.3 is 10.2 Å². The predicted molar refractivity (Wildman–Crippen MR) is 38.6 cm³/mol. The van der Waals surface area contributed by atoms with Crippen molar-refractivity contribution in [3.05, 3.63) is 23.8 Å². The Labute approximate surface area is 67.6 Å². The number of hydrogen-bond donors (Lipinski definition) is 2. The van der Waals surface area contributed by atoms with E-state index in [0.717, 1.165) is 6.08 Å². The van der Waals surface area contributed by atoms with E-state index in [-0.39, 0.29) is 11.9 Å². The van der Waals surface area contributed by atoms with Crippen LogP contribution in [0.2, 0.25) is 0 Å². The molecule has 0 fully saturated rings. The molecule has 0 aliphatic rings. The highest BCUT2D eigenvalue weighted by atomic mass is 16.4. The summed E-state index contributed by atoms with van der Waals surface area (Å²) in [5, 5.41) is 16.3. The first-order valence-corrected chi connectivity index (χ1v) is 2.87. The number of hydrogen-bond acceptors (Lipinski definition) is 3. The maximum absolute atomic E-state index is 10.1. The fourth-order valence-electron chi connectivity index (χ4n) is 0.432. The van der Waals surface area contributed by atoms with Crippen molar-refractivity contribution in [3.63, 3.8) is 0 Å². The third kappa shape index (κ3) is 4.92. The van der Waals surface area contributed by atoms with Crippen LogP contribution in [0.5, 0.6) is 0 Å². The first kappa shape index (κ1) is 10.1.